The number of nitrogens with zero attached hydrogens (tertiary/aromatic N) is 1. The molecule has 0 amide bonds. The van der Waals surface area contributed by atoms with E-state index in [1.165, 1.54) is 69.9 Å². The van der Waals surface area contributed by atoms with Crippen LogP contribution in [0.3, 0.4) is 0 Å². The molecule has 2 nitrogen and oxygen atoms in total. The van der Waals surface area contributed by atoms with E-state index < -0.39 is 0 Å². The fourth-order valence-corrected chi connectivity index (χ4v) is 7.92. The monoisotopic (exact) mass is 517 g/mol. The summed E-state index contributed by atoms with van der Waals surface area (Å²) >= 11 is 1.90. The van der Waals surface area contributed by atoms with Crippen LogP contribution in [0.5, 0.6) is 0 Å². The van der Waals surface area contributed by atoms with Crippen LogP contribution >= 0.6 is 11.3 Å². The molecule has 3 heteroatoms. The molecule has 5 aromatic carbocycles. The lowest BCUT2D eigenvalue weighted by molar-refractivity contribution is 0.669. The van der Waals surface area contributed by atoms with Gasteiger partial charge in [-0.15, -0.1) is 11.3 Å². The zero-order chi connectivity index (χ0) is 25.5. The highest BCUT2D eigenvalue weighted by Crippen LogP contribution is 2.46. The Morgan fingerprint density at radius 1 is 0.641 bits per heavy atom. The summed E-state index contributed by atoms with van der Waals surface area (Å²) in [7, 11) is 0. The first-order chi connectivity index (χ1) is 19.4. The second-order valence-corrected chi connectivity index (χ2v) is 11.4. The summed E-state index contributed by atoms with van der Waals surface area (Å²) in [6.45, 7) is 0. The van der Waals surface area contributed by atoms with Crippen molar-refractivity contribution in [3.05, 3.63) is 120 Å². The first-order valence-corrected chi connectivity index (χ1v) is 14.3. The van der Waals surface area contributed by atoms with E-state index >= 15 is 0 Å². The van der Waals surface area contributed by atoms with Crippen LogP contribution in [-0.4, -0.2) is 4.57 Å². The van der Waals surface area contributed by atoms with E-state index in [1.807, 2.05) is 17.4 Å². The van der Waals surface area contributed by atoms with Gasteiger partial charge in [-0.2, -0.15) is 0 Å². The number of fused-ring (bicyclic) bond motifs is 9. The lowest BCUT2D eigenvalue weighted by Gasteiger charge is -2.15. The number of thiophene rings is 1. The number of aromatic nitrogens is 1. The third kappa shape index (κ3) is 2.91. The van der Waals surface area contributed by atoms with Crippen molar-refractivity contribution < 1.29 is 4.42 Å². The summed E-state index contributed by atoms with van der Waals surface area (Å²) in [4.78, 5) is 0. The number of benzene rings is 5. The minimum atomic E-state index is 0.934. The number of rotatable bonds is 2. The molecule has 8 aromatic rings. The van der Waals surface area contributed by atoms with Gasteiger partial charge in [0.05, 0.1) is 11.2 Å². The van der Waals surface area contributed by atoms with Crippen LogP contribution in [0.25, 0.3) is 75.9 Å². The van der Waals surface area contributed by atoms with Gasteiger partial charge in [0.25, 0.3) is 0 Å². The van der Waals surface area contributed by atoms with Crippen LogP contribution in [0.15, 0.2) is 114 Å². The molecule has 39 heavy (non-hydrogen) atoms. The van der Waals surface area contributed by atoms with Gasteiger partial charge >= 0.3 is 0 Å². The average molecular weight is 518 g/mol. The molecule has 9 rings (SSSR count). The van der Waals surface area contributed by atoms with Gasteiger partial charge in [0.1, 0.15) is 11.2 Å². The van der Waals surface area contributed by atoms with Crippen LogP contribution in [0, 0.1) is 0 Å². The lowest BCUT2D eigenvalue weighted by atomic mass is 9.97. The Morgan fingerprint density at radius 3 is 2.38 bits per heavy atom. The average Bonchev–Trinajstić information content (AvgIpc) is 3.66. The quantitative estimate of drug-likeness (QED) is 0.223. The molecule has 0 saturated heterocycles. The molecule has 0 bridgehead atoms. The fourth-order valence-electron chi connectivity index (χ4n) is 6.67. The Labute approximate surface area is 229 Å². The van der Waals surface area contributed by atoms with Crippen molar-refractivity contribution in [3.8, 4) is 16.8 Å². The van der Waals surface area contributed by atoms with Crippen molar-refractivity contribution in [2.45, 2.75) is 12.8 Å². The van der Waals surface area contributed by atoms with E-state index in [0.29, 0.717) is 0 Å². The van der Waals surface area contributed by atoms with E-state index in [9.17, 15) is 0 Å². The van der Waals surface area contributed by atoms with E-state index in [-0.39, 0.29) is 0 Å². The maximum Gasteiger partial charge on any atom is 0.136 e. The van der Waals surface area contributed by atoms with Gasteiger partial charge in [0, 0.05) is 53.2 Å². The Kier molecular flexibility index (Phi) is 4.35. The molecule has 1 aliphatic rings. The second kappa shape index (κ2) is 7.95. The van der Waals surface area contributed by atoms with E-state index in [2.05, 4.69) is 114 Å². The topological polar surface area (TPSA) is 18.1 Å². The largest absolute Gasteiger partial charge is 0.456 e. The molecule has 1 aliphatic carbocycles. The lowest BCUT2D eigenvalue weighted by Crippen LogP contribution is -2.03. The smallest absolute Gasteiger partial charge is 0.136 e. The van der Waals surface area contributed by atoms with Gasteiger partial charge in [-0.3, -0.25) is 0 Å². The predicted octanol–water partition coefficient (Wildman–Crippen LogP) is 10.5. The molecular weight excluding hydrogens is 494 g/mol. The fraction of sp³-hybridized carbons (Fsp3) is 0.0556. The zero-order valence-electron chi connectivity index (χ0n) is 21.1. The van der Waals surface area contributed by atoms with Gasteiger partial charge in [0.2, 0.25) is 0 Å². The number of hydrogen-bond donors (Lipinski definition) is 0. The Bertz CT molecular complexity index is 2290. The summed E-state index contributed by atoms with van der Waals surface area (Å²) < 4.78 is 11.4. The third-order valence-corrected chi connectivity index (χ3v) is 9.49. The standard InChI is InChI=1S/C36H23NOS/c1-4-16-28-22(10-1)23-11-2-5-17-29(23)37(28)30-18-9-21-33-35(30)27-15-7-14-25(36(27)39-33)24-13-8-20-32-34(24)26-12-3-6-19-31(26)38-32/h1-4,6-16,18-21H,5,17H2. The molecule has 3 aromatic heterocycles. The number of para-hydroxylation sites is 2. The summed E-state index contributed by atoms with van der Waals surface area (Å²) in [5.74, 6) is 0. The summed E-state index contributed by atoms with van der Waals surface area (Å²) in [5.41, 5.74) is 9.70. The molecule has 3 heterocycles. The predicted molar refractivity (Wildman–Crippen MR) is 166 cm³/mol. The highest BCUT2D eigenvalue weighted by Gasteiger charge is 2.22. The van der Waals surface area contributed by atoms with Crippen molar-refractivity contribution in [3.63, 3.8) is 0 Å². The van der Waals surface area contributed by atoms with Crippen LogP contribution in [0.1, 0.15) is 17.7 Å². The zero-order valence-corrected chi connectivity index (χ0v) is 22.0. The third-order valence-electron chi connectivity index (χ3n) is 8.28. The van der Waals surface area contributed by atoms with Crippen molar-refractivity contribution in [1.82, 2.24) is 4.57 Å². The Morgan fingerprint density at radius 2 is 1.41 bits per heavy atom. The van der Waals surface area contributed by atoms with Gasteiger partial charge < -0.3 is 8.98 Å². The maximum atomic E-state index is 6.24. The molecule has 0 unspecified atom stereocenters. The van der Waals surface area contributed by atoms with E-state index in [1.54, 1.807) is 0 Å². The second-order valence-electron chi connectivity index (χ2n) is 10.4. The van der Waals surface area contributed by atoms with Gasteiger partial charge in [-0.25, -0.2) is 0 Å². The summed E-state index contributed by atoms with van der Waals surface area (Å²) in [6, 6.07) is 37.2. The molecule has 184 valence electrons. The minimum Gasteiger partial charge on any atom is -0.456 e. The van der Waals surface area contributed by atoms with Crippen molar-refractivity contribution in [2.75, 3.05) is 0 Å². The number of allylic oxidation sites excluding steroid dienone is 1. The van der Waals surface area contributed by atoms with Crippen LogP contribution in [-0.2, 0) is 6.42 Å². The molecule has 0 N–H and O–H groups in total. The molecule has 0 fully saturated rings. The highest BCUT2D eigenvalue weighted by atomic mass is 32.1. The van der Waals surface area contributed by atoms with Crippen molar-refractivity contribution >= 4 is 70.4 Å². The van der Waals surface area contributed by atoms with Gasteiger partial charge in [-0.1, -0.05) is 84.9 Å². The Hall–Kier alpha value is -4.60. The van der Waals surface area contributed by atoms with Crippen LogP contribution < -0.4 is 0 Å². The first-order valence-electron chi connectivity index (χ1n) is 13.5. The molecule has 0 saturated carbocycles. The normalized spacial score (nSPS) is 13.3. The molecule has 0 spiro atoms. The van der Waals surface area contributed by atoms with Crippen LogP contribution in [0.2, 0.25) is 0 Å². The highest BCUT2D eigenvalue weighted by molar-refractivity contribution is 7.26. The number of furan rings is 1. The minimum absolute atomic E-state index is 0.934. The summed E-state index contributed by atoms with van der Waals surface area (Å²) in [6.07, 6.45) is 6.76. The van der Waals surface area contributed by atoms with Crippen LogP contribution in [0.4, 0.5) is 0 Å². The van der Waals surface area contributed by atoms with E-state index in [4.69, 9.17) is 4.42 Å². The molecule has 0 aliphatic heterocycles. The maximum absolute atomic E-state index is 6.24. The molecule has 0 atom stereocenters. The van der Waals surface area contributed by atoms with Gasteiger partial charge in [-0.05, 0) is 48.7 Å². The molecular formula is C36H23NOS. The summed E-state index contributed by atoms with van der Waals surface area (Å²) in [5, 5.41) is 6.34. The van der Waals surface area contributed by atoms with Gasteiger partial charge in [0.15, 0.2) is 0 Å². The number of hydrogen-bond acceptors (Lipinski definition) is 2. The molecule has 0 radical (unpaired) electrons. The van der Waals surface area contributed by atoms with Crippen molar-refractivity contribution in [1.29, 1.82) is 0 Å². The Balaban J connectivity index is 1.38. The first kappa shape index (κ1) is 21.3. The van der Waals surface area contributed by atoms with E-state index in [0.717, 1.165) is 24.0 Å². The van der Waals surface area contributed by atoms with Crippen molar-refractivity contribution in [2.24, 2.45) is 0 Å². The SMILES string of the molecule is C1=Cc2c(n(-c3cccc4sc5c(-c6cccc7oc8ccccc8c67)cccc5c34)c3ccccc23)CC1.